The van der Waals surface area contributed by atoms with Crippen LogP contribution in [0.1, 0.15) is 22.6 Å². The molecule has 0 bridgehead atoms. The topological polar surface area (TPSA) is 71.1 Å². The summed E-state index contributed by atoms with van der Waals surface area (Å²) in [5.74, 6) is -0.0151. The van der Waals surface area contributed by atoms with Crippen molar-refractivity contribution in [3.8, 4) is 11.3 Å². The van der Waals surface area contributed by atoms with Crippen LogP contribution in [0.4, 0.5) is 11.4 Å². The molecule has 4 rings (SSSR count). The maximum atomic E-state index is 12.3. The molecule has 0 unspecified atom stereocenters. The zero-order valence-electron chi connectivity index (χ0n) is 14.9. The first-order chi connectivity index (χ1) is 13.1. The van der Waals surface area contributed by atoms with E-state index in [4.69, 9.17) is 0 Å². The minimum absolute atomic E-state index is 0.0609. The maximum absolute atomic E-state index is 12.3. The number of amides is 2. The summed E-state index contributed by atoms with van der Waals surface area (Å²) >= 11 is 1.48. The van der Waals surface area contributed by atoms with Crippen molar-refractivity contribution >= 4 is 34.5 Å². The van der Waals surface area contributed by atoms with Gasteiger partial charge in [-0.05, 0) is 43.2 Å². The van der Waals surface area contributed by atoms with Crippen molar-refractivity contribution in [1.82, 2.24) is 4.98 Å². The molecule has 1 aliphatic heterocycles. The second-order valence-electron chi connectivity index (χ2n) is 6.64. The molecule has 0 fully saturated rings. The van der Waals surface area contributed by atoms with Crippen molar-refractivity contribution in [3.05, 3.63) is 64.0 Å². The third-order valence-electron chi connectivity index (χ3n) is 4.50. The number of thiazole rings is 1. The second-order valence-corrected chi connectivity index (χ2v) is 7.58. The molecule has 0 saturated heterocycles. The van der Waals surface area contributed by atoms with E-state index in [2.05, 4.69) is 21.7 Å². The molecule has 0 aliphatic carbocycles. The standard InChI is InChI=1S/C21H19N3O2S/c1-13-2-6-16(7-3-13)22-20(26)11-21-24-18(12-27-21)15-4-8-17-14(10-15)5-9-19(25)23-17/h2-4,6-8,10,12H,5,9,11H2,1H3,(H,22,26)(H,23,25). The van der Waals surface area contributed by atoms with E-state index in [9.17, 15) is 9.59 Å². The van der Waals surface area contributed by atoms with E-state index in [0.717, 1.165) is 45.2 Å². The highest BCUT2D eigenvalue weighted by molar-refractivity contribution is 7.10. The molecule has 2 N–H and O–H groups in total. The number of nitrogens with one attached hydrogen (secondary N) is 2. The van der Waals surface area contributed by atoms with Gasteiger partial charge in [0.15, 0.2) is 0 Å². The monoisotopic (exact) mass is 377 g/mol. The lowest BCUT2D eigenvalue weighted by Crippen LogP contribution is -2.18. The van der Waals surface area contributed by atoms with Crippen molar-refractivity contribution in [2.24, 2.45) is 0 Å². The van der Waals surface area contributed by atoms with Gasteiger partial charge in [-0.25, -0.2) is 4.98 Å². The first kappa shape index (κ1) is 17.4. The number of nitrogens with zero attached hydrogens (tertiary/aromatic N) is 1. The SMILES string of the molecule is Cc1ccc(NC(=O)Cc2nc(-c3ccc4c(c3)CCC(=O)N4)cs2)cc1. The summed E-state index contributed by atoms with van der Waals surface area (Å²) in [5, 5.41) is 8.53. The van der Waals surface area contributed by atoms with Gasteiger partial charge < -0.3 is 10.6 Å². The quantitative estimate of drug-likeness (QED) is 0.716. The second kappa shape index (κ2) is 7.32. The zero-order valence-corrected chi connectivity index (χ0v) is 15.7. The lowest BCUT2D eigenvalue weighted by atomic mass is 9.99. The number of anilines is 2. The molecule has 27 heavy (non-hydrogen) atoms. The normalized spacial score (nSPS) is 13.0. The summed E-state index contributed by atoms with van der Waals surface area (Å²) in [5.41, 5.74) is 5.81. The van der Waals surface area contributed by atoms with E-state index in [1.165, 1.54) is 11.3 Å². The van der Waals surface area contributed by atoms with Crippen molar-refractivity contribution in [3.63, 3.8) is 0 Å². The Hall–Kier alpha value is -2.99. The van der Waals surface area contributed by atoms with Crippen LogP contribution in [0.5, 0.6) is 0 Å². The Kier molecular flexibility index (Phi) is 4.73. The fraction of sp³-hybridized carbons (Fsp3) is 0.190. The predicted octanol–water partition coefficient (Wildman–Crippen LogP) is 4.18. The first-order valence-corrected chi connectivity index (χ1v) is 9.69. The van der Waals surface area contributed by atoms with Gasteiger partial charge in [-0.15, -0.1) is 11.3 Å². The predicted molar refractivity (Wildman–Crippen MR) is 108 cm³/mol. The Bertz CT molecular complexity index is 1010. The van der Waals surface area contributed by atoms with Gasteiger partial charge in [-0.3, -0.25) is 9.59 Å². The smallest absolute Gasteiger partial charge is 0.231 e. The fourth-order valence-electron chi connectivity index (χ4n) is 3.05. The fourth-order valence-corrected chi connectivity index (χ4v) is 3.85. The van der Waals surface area contributed by atoms with Crippen LogP contribution in [0, 0.1) is 6.92 Å². The van der Waals surface area contributed by atoms with Gasteiger partial charge in [0.05, 0.1) is 12.1 Å². The van der Waals surface area contributed by atoms with E-state index < -0.39 is 0 Å². The molecule has 6 heteroatoms. The number of aryl methyl sites for hydroxylation is 2. The van der Waals surface area contributed by atoms with Crippen molar-refractivity contribution < 1.29 is 9.59 Å². The molecule has 136 valence electrons. The molecular formula is C21H19N3O2S. The Morgan fingerprint density at radius 2 is 2.00 bits per heavy atom. The number of hydrogen-bond acceptors (Lipinski definition) is 4. The lowest BCUT2D eigenvalue weighted by molar-refractivity contribution is -0.116. The summed E-state index contributed by atoms with van der Waals surface area (Å²) in [6.45, 7) is 2.01. The summed E-state index contributed by atoms with van der Waals surface area (Å²) < 4.78 is 0. The Labute approximate surface area is 161 Å². The summed E-state index contributed by atoms with van der Waals surface area (Å²) in [4.78, 5) is 28.3. The van der Waals surface area contributed by atoms with E-state index >= 15 is 0 Å². The van der Waals surface area contributed by atoms with Gasteiger partial charge >= 0.3 is 0 Å². The van der Waals surface area contributed by atoms with Crippen LogP contribution < -0.4 is 10.6 Å². The molecule has 2 heterocycles. The van der Waals surface area contributed by atoms with E-state index in [0.29, 0.717) is 6.42 Å². The van der Waals surface area contributed by atoms with Gasteiger partial charge in [-0.2, -0.15) is 0 Å². The third kappa shape index (κ3) is 4.06. The van der Waals surface area contributed by atoms with Crippen LogP contribution >= 0.6 is 11.3 Å². The molecule has 0 radical (unpaired) electrons. The number of fused-ring (bicyclic) bond motifs is 1. The maximum Gasteiger partial charge on any atom is 0.231 e. The first-order valence-electron chi connectivity index (χ1n) is 8.81. The summed E-state index contributed by atoms with van der Waals surface area (Å²) in [6.07, 6.45) is 1.50. The van der Waals surface area contributed by atoms with Crippen LogP contribution in [0.3, 0.4) is 0 Å². The Morgan fingerprint density at radius 3 is 2.81 bits per heavy atom. The van der Waals surface area contributed by atoms with Gasteiger partial charge in [-0.1, -0.05) is 23.8 Å². The Morgan fingerprint density at radius 1 is 1.19 bits per heavy atom. The number of rotatable bonds is 4. The number of hydrogen-bond donors (Lipinski definition) is 2. The average molecular weight is 377 g/mol. The average Bonchev–Trinajstić information content (AvgIpc) is 3.11. The molecule has 0 atom stereocenters. The molecule has 2 amide bonds. The van der Waals surface area contributed by atoms with Gasteiger partial charge in [0.25, 0.3) is 0 Å². The minimum Gasteiger partial charge on any atom is -0.326 e. The van der Waals surface area contributed by atoms with Crippen LogP contribution in [-0.2, 0) is 22.4 Å². The molecule has 0 saturated carbocycles. The number of aromatic nitrogens is 1. The van der Waals surface area contributed by atoms with Crippen LogP contribution in [-0.4, -0.2) is 16.8 Å². The lowest BCUT2D eigenvalue weighted by Gasteiger charge is -2.17. The Balaban J connectivity index is 1.44. The highest BCUT2D eigenvalue weighted by atomic mass is 32.1. The largest absolute Gasteiger partial charge is 0.326 e. The molecular weight excluding hydrogens is 358 g/mol. The van der Waals surface area contributed by atoms with E-state index in [1.54, 1.807) is 0 Å². The molecule has 0 spiro atoms. The van der Waals surface area contributed by atoms with E-state index in [-0.39, 0.29) is 18.2 Å². The van der Waals surface area contributed by atoms with Gasteiger partial charge in [0, 0.05) is 28.7 Å². The molecule has 1 aliphatic rings. The van der Waals surface area contributed by atoms with Crippen LogP contribution in [0.15, 0.2) is 47.8 Å². The van der Waals surface area contributed by atoms with Crippen molar-refractivity contribution in [1.29, 1.82) is 0 Å². The van der Waals surface area contributed by atoms with Gasteiger partial charge in [0.2, 0.25) is 11.8 Å². The molecule has 1 aromatic heterocycles. The van der Waals surface area contributed by atoms with Crippen LogP contribution in [0.2, 0.25) is 0 Å². The highest BCUT2D eigenvalue weighted by Crippen LogP contribution is 2.29. The third-order valence-corrected chi connectivity index (χ3v) is 5.34. The summed E-state index contributed by atoms with van der Waals surface area (Å²) in [7, 11) is 0. The highest BCUT2D eigenvalue weighted by Gasteiger charge is 2.16. The summed E-state index contributed by atoms with van der Waals surface area (Å²) in [6, 6.07) is 13.7. The van der Waals surface area contributed by atoms with Crippen molar-refractivity contribution in [2.75, 3.05) is 10.6 Å². The number of carbonyl (C=O) groups excluding carboxylic acids is 2. The number of benzene rings is 2. The zero-order chi connectivity index (χ0) is 18.8. The molecule has 2 aromatic carbocycles. The van der Waals surface area contributed by atoms with E-state index in [1.807, 2.05) is 48.7 Å². The molecule has 5 nitrogen and oxygen atoms in total. The van der Waals surface area contributed by atoms with Crippen LogP contribution in [0.25, 0.3) is 11.3 Å². The van der Waals surface area contributed by atoms with Crippen molar-refractivity contribution in [2.45, 2.75) is 26.2 Å². The number of carbonyl (C=O) groups is 2. The minimum atomic E-state index is -0.0760. The van der Waals surface area contributed by atoms with Gasteiger partial charge in [0.1, 0.15) is 5.01 Å². The molecule has 3 aromatic rings.